The van der Waals surface area contributed by atoms with E-state index in [1.54, 1.807) is 6.92 Å². The second-order valence-electron chi connectivity index (χ2n) is 4.38. The van der Waals surface area contributed by atoms with Crippen LogP contribution >= 0.6 is 0 Å². The predicted molar refractivity (Wildman–Crippen MR) is 63.9 cm³/mol. The third-order valence-corrected chi connectivity index (χ3v) is 2.42. The zero-order chi connectivity index (χ0) is 11.3. The molecule has 0 fully saturated rings. The molecule has 0 bridgehead atoms. The molecule has 0 aliphatic rings. The van der Waals surface area contributed by atoms with Crippen molar-refractivity contribution in [3.63, 3.8) is 0 Å². The van der Waals surface area contributed by atoms with E-state index in [-0.39, 0.29) is 18.5 Å². The van der Waals surface area contributed by atoms with Crippen LogP contribution in [0.1, 0.15) is 37.8 Å². The van der Waals surface area contributed by atoms with Crippen LogP contribution < -0.4 is 17.7 Å². The maximum Gasteiger partial charge on any atom is 0.0636 e. The Labute approximate surface area is 104 Å². The van der Waals surface area contributed by atoms with Crippen LogP contribution in [0.25, 0.3) is 0 Å². The highest BCUT2D eigenvalue weighted by Crippen LogP contribution is 2.14. The van der Waals surface area contributed by atoms with Crippen molar-refractivity contribution < 1.29 is 17.5 Å². The van der Waals surface area contributed by atoms with Gasteiger partial charge < -0.3 is 22.8 Å². The Balaban J connectivity index is 0.00000225. The molecule has 1 unspecified atom stereocenters. The van der Waals surface area contributed by atoms with Crippen molar-refractivity contribution >= 4 is 0 Å². The lowest BCUT2D eigenvalue weighted by molar-refractivity contribution is -0.00000554. The van der Waals surface area contributed by atoms with Gasteiger partial charge in [0, 0.05) is 13.1 Å². The van der Waals surface area contributed by atoms with Gasteiger partial charge in [0.1, 0.15) is 0 Å². The predicted octanol–water partition coefficient (Wildman–Crippen LogP) is -0.716. The smallest absolute Gasteiger partial charge is 0.0636 e. The molecule has 0 spiro atoms. The van der Waals surface area contributed by atoms with Gasteiger partial charge in [-0.15, -0.1) is 0 Å². The molecular formula is C13H21ClNO-. The lowest BCUT2D eigenvalue weighted by Crippen LogP contribution is -3.00. The number of hydrogen-bond acceptors (Lipinski definition) is 2. The van der Waals surface area contributed by atoms with E-state index in [2.05, 4.69) is 43.4 Å². The van der Waals surface area contributed by atoms with Crippen LogP contribution in [0.2, 0.25) is 0 Å². The number of benzene rings is 1. The second kappa shape index (κ2) is 7.66. The molecule has 1 aromatic carbocycles. The van der Waals surface area contributed by atoms with E-state index >= 15 is 0 Å². The van der Waals surface area contributed by atoms with Gasteiger partial charge in [0.2, 0.25) is 0 Å². The number of aliphatic hydroxyl groups excluding tert-OH is 1. The Hall–Kier alpha value is -0.570. The minimum Gasteiger partial charge on any atom is -1.00 e. The molecule has 2 N–H and O–H groups in total. The van der Waals surface area contributed by atoms with Gasteiger partial charge in [-0.3, -0.25) is 0 Å². The van der Waals surface area contributed by atoms with Crippen LogP contribution in [0.5, 0.6) is 0 Å². The number of nitrogens with one attached hydrogen (secondary N) is 1. The van der Waals surface area contributed by atoms with E-state index in [4.69, 9.17) is 5.11 Å². The highest BCUT2D eigenvalue weighted by atomic mass is 35.5. The Morgan fingerprint density at radius 2 is 1.69 bits per heavy atom. The largest absolute Gasteiger partial charge is 1.00 e. The van der Waals surface area contributed by atoms with Gasteiger partial charge in [0.15, 0.2) is 0 Å². The van der Waals surface area contributed by atoms with Gasteiger partial charge in [-0.1, -0.05) is 38.1 Å². The molecule has 0 aliphatic carbocycles. The van der Waals surface area contributed by atoms with Crippen LogP contribution in [0, 0.1) is 0 Å². The molecule has 0 saturated carbocycles. The standard InChI is InChI=1S/C13H21NO.ClH/c1-10(2)13-6-4-12(5-7-13)9-14-8-11(3)15;/h4-7,10-11,14-15H,8-9H2,1-3H3;1H/p-1. The first-order valence-corrected chi connectivity index (χ1v) is 5.57. The molecule has 0 heterocycles. The molecule has 1 aromatic rings. The molecule has 3 heteroatoms. The Bertz CT molecular complexity index is 282. The molecular weight excluding hydrogens is 222 g/mol. The number of hydrogen-bond donors (Lipinski definition) is 2. The molecule has 0 aromatic heterocycles. The summed E-state index contributed by atoms with van der Waals surface area (Å²) in [7, 11) is 0. The van der Waals surface area contributed by atoms with Crippen molar-refractivity contribution in [2.24, 2.45) is 0 Å². The van der Waals surface area contributed by atoms with Crippen molar-refractivity contribution in [1.82, 2.24) is 5.32 Å². The van der Waals surface area contributed by atoms with Gasteiger partial charge in [-0.05, 0) is 24.0 Å². The lowest BCUT2D eigenvalue weighted by Gasteiger charge is -2.09. The van der Waals surface area contributed by atoms with Crippen LogP contribution in [0.4, 0.5) is 0 Å². The third-order valence-electron chi connectivity index (χ3n) is 2.42. The fourth-order valence-electron chi connectivity index (χ4n) is 1.45. The maximum absolute atomic E-state index is 9.08. The number of aliphatic hydroxyl groups is 1. The van der Waals surface area contributed by atoms with Crippen molar-refractivity contribution in [2.45, 2.75) is 39.3 Å². The van der Waals surface area contributed by atoms with E-state index in [1.807, 2.05) is 0 Å². The summed E-state index contributed by atoms with van der Waals surface area (Å²) in [6.07, 6.45) is -0.278. The summed E-state index contributed by atoms with van der Waals surface area (Å²) in [6, 6.07) is 8.63. The van der Waals surface area contributed by atoms with Gasteiger partial charge in [0.05, 0.1) is 6.10 Å². The van der Waals surface area contributed by atoms with Crippen LogP contribution in [-0.2, 0) is 6.54 Å². The quantitative estimate of drug-likeness (QED) is 0.715. The first-order valence-electron chi connectivity index (χ1n) is 5.57. The molecule has 2 nitrogen and oxygen atoms in total. The summed E-state index contributed by atoms with van der Waals surface area (Å²) in [5.41, 5.74) is 2.63. The van der Waals surface area contributed by atoms with E-state index in [0.717, 1.165) is 6.54 Å². The zero-order valence-corrected chi connectivity index (χ0v) is 11.0. The van der Waals surface area contributed by atoms with Crippen molar-refractivity contribution in [3.8, 4) is 0 Å². The first kappa shape index (κ1) is 15.4. The molecule has 1 rings (SSSR count). The maximum atomic E-state index is 9.08. The first-order chi connectivity index (χ1) is 7.09. The Morgan fingerprint density at radius 3 is 2.12 bits per heavy atom. The van der Waals surface area contributed by atoms with Crippen molar-refractivity contribution in [2.75, 3.05) is 6.54 Å². The fourth-order valence-corrected chi connectivity index (χ4v) is 1.45. The lowest BCUT2D eigenvalue weighted by atomic mass is 10.0. The molecule has 0 saturated heterocycles. The van der Waals surface area contributed by atoms with Crippen LogP contribution in [0.15, 0.2) is 24.3 Å². The van der Waals surface area contributed by atoms with Crippen molar-refractivity contribution in [3.05, 3.63) is 35.4 Å². The zero-order valence-electron chi connectivity index (χ0n) is 10.2. The van der Waals surface area contributed by atoms with E-state index in [0.29, 0.717) is 12.5 Å². The van der Waals surface area contributed by atoms with Gasteiger partial charge in [-0.2, -0.15) is 0 Å². The van der Waals surface area contributed by atoms with Gasteiger partial charge >= 0.3 is 0 Å². The minimum atomic E-state index is -0.278. The minimum absolute atomic E-state index is 0. The molecule has 0 amide bonds. The second-order valence-corrected chi connectivity index (χ2v) is 4.38. The van der Waals surface area contributed by atoms with Crippen LogP contribution in [-0.4, -0.2) is 17.8 Å². The van der Waals surface area contributed by atoms with Gasteiger partial charge in [-0.25, -0.2) is 0 Å². The highest BCUT2D eigenvalue weighted by molar-refractivity contribution is 5.24. The van der Waals surface area contributed by atoms with E-state index < -0.39 is 0 Å². The summed E-state index contributed by atoms with van der Waals surface area (Å²) in [6.45, 7) is 7.64. The van der Waals surface area contributed by atoms with Gasteiger partial charge in [0.25, 0.3) is 0 Å². The summed E-state index contributed by atoms with van der Waals surface area (Å²) in [4.78, 5) is 0. The van der Waals surface area contributed by atoms with E-state index in [9.17, 15) is 0 Å². The Kier molecular flexibility index (Phi) is 7.39. The fraction of sp³-hybridized carbons (Fsp3) is 0.538. The Morgan fingerprint density at radius 1 is 1.12 bits per heavy atom. The third kappa shape index (κ3) is 5.50. The average molecular weight is 243 g/mol. The molecule has 1 atom stereocenters. The normalized spacial score (nSPS) is 12.3. The molecule has 0 aliphatic heterocycles. The van der Waals surface area contributed by atoms with Crippen LogP contribution in [0.3, 0.4) is 0 Å². The number of rotatable bonds is 5. The summed E-state index contributed by atoms with van der Waals surface area (Å²) >= 11 is 0. The van der Waals surface area contributed by atoms with Crippen molar-refractivity contribution in [1.29, 1.82) is 0 Å². The monoisotopic (exact) mass is 242 g/mol. The molecule has 0 radical (unpaired) electrons. The summed E-state index contributed by atoms with van der Waals surface area (Å²) in [5.74, 6) is 0.587. The molecule has 92 valence electrons. The average Bonchev–Trinajstić information content (AvgIpc) is 2.18. The SMILES string of the molecule is CC(O)CNCc1ccc(C(C)C)cc1.[Cl-]. The number of halogens is 1. The molecule has 16 heavy (non-hydrogen) atoms. The van der Waals surface area contributed by atoms with E-state index in [1.165, 1.54) is 11.1 Å². The topological polar surface area (TPSA) is 32.3 Å². The summed E-state index contributed by atoms with van der Waals surface area (Å²) < 4.78 is 0. The highest BCUT2D eigenvalue weighted by Gasteiger charge is 1.99. The summed E-state index contributed by atoms with van der Waals surface area (Å²) in [5, 5.41) is 12.3.